The van der Waals surface area contributed by atoms with Crippen LogP contribution < -0.4 is 0 Å². The minimum Gasteiger partial charge on any atom is -0.382 e. The summed E-state index contributed by atoms with van der Waals surface area (Å²) in [5, 5.41) is 9.72. The van der Waals surface area contributed by atoms with Gasteiger partial charge >= 0.3 is 0 Å². The molecule has 1 heterocycles. The van der Waals surface area contributed by atoms with Crippen LogP contribution >= 0.6 is 15.9 Å². The summed E-state index contributed by atoms with van der Waals surface area (Å²) in [6.45, 7) is 3.32. The van der Waals surface area contributed by atoms with Gasteiger partial charge in [-0.2, -0.15) is 0 Å². The maximum absolute atomic E-state index is 11.6. The Morgan fingerprint density at radius 3 is 2.73 bits per heavy atom. The summed E-state index contributed by atoms with van der Waals surface area (Å²) >= 11 is 3.27. The van der Waals surface area contributed by atoms with Crippen LogP contribution in [-0.2, 0) is 11.2 Å². The third-order valence-corrected chi connectivity index (χ3v) is 2.89. The number of aromatic nitrogens is 1. The van der Waals surface area contributed by atoms with Gasteiger partial charge in [-0.1, -0.05) is 6.92 Å². The average molecular weight is 272 g/mol. The molecule has 1 atom stereocenters. The van der Waals surface area contributed by atoms with E-state index in [1.807, 2.05) is 6.07 Å². The Kier molecular flexibility index (Phi) is 3.99. The number of rotatable bonds is 4. The molecule has 0 amide bonds. The summed E-state index contributed by atoms with van der Waals surface area (Å²) < 4.78 is 0.876. The van der Waals surface area contributed by atoms with E-state index >= 15 is 0 Å². The third-order valence-electron chi connectivity index (χ3n) is 2.42. The standard InChI is InChI=1S/C11H14BrNO2/c1-3-11(2,15)10(14)6-9-5-4-8(12)7-13-9/h4-5,7,15H,3,6H2,1-2H3. The molecule has 0 saturated heterocycles. The molecule has 1 aromatic heterocycles. The van der Waals surface area contributed by atoms with Gasteiger partial charge in [0.25, 0.3) is 0 Å². The fourth-order valence-electron chi connectivity index (χ4n) is 1.06. The van der Waals surface area contributed by atoms with E-state index in [1.165, 1.54) is 6.92 Å². The van der Waals surface area contributed by atoms with E-state index in [2.05, 4.69) is 20.9 Å². The van der Waals surface area contributed by atoms with Gasteiger partial charge < -0.3 is 5.11 Å². The van der Waals surface area contributed by atoms with Crippen molar-refractivity contribution in [2.24, 2.45) is 0 Å². The Morgan fingerprint density at radius 2 is 2.27 bits per heavy atom. The van der Waals surface area contributed by atoms with E-state index < -0.39 is 5.60 Å². The van der Waals surface area contributed by atoms with E-state index in [1.54, 1.807) is 19.2 Å². The van der Waals surface area contributed by atoms with Crippen molar-refractivity contribution in [3.05, 3.63) is 28.5 Å². The highest BCUT2D eigenvalue weighted by Gasteiger charge is 2.27. The van der Waals surface area contributed by atoms with Crippen LogP contribution in [0.3, 0.4) is 0 Å². The summed E-state index contributed by atoms with van der Waals surface area (Å²) in [5.74, 6) is -0.195. The highest BCUT2D eigenvalue weighted by atomic mass is 79.9. The number of Topliss-reactive ketones (excluding diaryl/α,β-unsaturated/α-hetero) is 1. The van der Waals surface area contributed by atoms with Crippen LogP contribution in [0.25, 0.3) is 0 Å². The Bertz CT molecular complexity index is 346. The van der Waals surface area contributed by atoms with E-state index in [4.69, 9.17) is 0 Å². The van der Waals surface area contributed by atoms with Crippen molar-refractivity contribution in [2.75, 3.05) is 0 Å². The van der Waals surface area contributed by atoms with Crippen LogP contribution in [0.1, 0.15) is 26.0 Å². The van der Waals surface area contributed by atoms with Crippen molar-refractivity contribution in [1.82, 2.24) is 4.98 Å². The molecule has 0 bridgehead atoms. The Morgan fingerprint density at radius 1 is 1.60 bits per heavy atom. The minimum absolute atomic E-state index is 0.175. The van der Waals surface area contributed by atoms with Crippen LogP contribution in [0.2, 0.25) is 0 Å². The van der Waals surface area contributed by atoms with Gasteiger partial charge in [0, 0.05) is 16.4 Å². The fourth-order valence-corrected chi connectivity index (χ4v) is 1.30. The summed E-state index contributed by atoms with van der Waals surface area (Å²) in [6, 6.07) is 3.60. The molecule has 1 unspecified atom stereocenters. The number of ketones is 1. The third kappa shape index (κ3) is 3.39. The van der Waals surface area contributed by atoms with Gasteiger partial charge in [-0.25, -0.2) is 0 Å². The van der Waals surface area contributed by atoms with Gasteiger partial charge in [0.2, 0.25) is 0 Å². The number of aliphatic hydroxyl groups is 1. The predicted molar refractivity (Wildman–Crippen MR) is 61.6 cm³/mol. The number of hydrogen-bond acceptors (Lipinski definition) is 3. The monoisotopic (exact) mass is 271 g/mol. The van der Waals surface area contributed by atoms with Gasteiger partial charge in [0.15, 0.2) is 5.78 Å². The molecule has 0 fully saturated rings. The first-order valence-electron chi connectivity index (χ1n) is 4.82. The Labute approximate surface area is 97.7 Å². The highest BCUT2D eigenvalue weighted by molar-refractivity contribution is 9.10. The molecular formula is C11H14BrNO2. The summed E-state index contributed by atoms with van der Waals surface area (Å²) in [6.07, 6.45) is 2.24. The molecule has 0 aromatic carbocycles. The smallest absolute Gasteiger partial charge is 0.169 e. The SMILES string of the molecule is CCC(C)(O)C(=O)Cc1ccc(Br)cn1. The lowest BCUT2D eigenvalue weighted by Gasteiger charge is -2.19. The average Bonchev–Trinajstić information content (AvgIpc) is 2.21. The molecule has 0 aliphatic carbocycles. The zero-order valence-electron chi connectivity index (χ0n) is 8.83. The molecule has 3 nitrogen and oxygen atoms in total. The van der Waals surface area contributed by atoms with E-state index in [9.17, 15) is 9.90 Å². The summed E-state index contributed by atoms with van der Waals surface area (Å²) in [7, 11) is 0. The van der Waals surface area contributed by atoms with Crippen LogP contribution in [-0.4, -0.2) is 21.5 Å². The zero-order valence-corrected chi connectivity index (χ0v) is 10.4. The van der Waals surface area contributed by atoms with Gasteiger partial charge in [-0.15, -0.1) is 0 Å². The lowest BCUT2D eigenvalue weighted by Crippen LogP contribution is -2.35. The van der Waals surface area contributed by atoms with Crippen molar-refractivity contribution in [2.45, 2.75) is 32.3 Å². The Balaban J connectivity index is 2.71. The topological polar surface area (TPSA) is 50.2 Å². The first-order valence-corrected chi connectivity index (χ1v) is 5.61. The first-order chi connectivity index (χ1) is 6.95. The second-order valence-electron chi connectivity index (χ2n) is 3.70. The molecule has 0 aliphatic heterocycles. The largest absolute Gasteiger partial charge is 0.382 e. The van der Waals surface area contributed by atoms with Crippen LogP contribution in [0.5, 0.6) is 0 Å². The van der Waals surface area contributed by atoms with Crippen molar-refractivity contribution in [3.8, 4) is 0 Å². The summed E-state index contributed by atoms with van der Waals surface area (Å²) in [5.41, 5.74) is -0.564. The number of carbonyl (C=O) groups excluding carboxylic acids is 1. The number of carbonyl (C=O) groups is 1. The van der Waals surface area contributed by atoms with Crippen molar-refractivity contribution >= 4 is 21.7 Å². The molecule has 1 aromatic rings. The van der Waals surface area contributed by atoms with E-state index in [0.717, 1.165) is 4.47 Å². The molecule has 1 rings (SSSR count). The maximum Gasteiger partial charge on any atom is 0.169 e. The molecule has 0 spiro atoms. The molecule has 0 radical (unpaired) electrons. The van der Waals surface area contributed by atoms with Crippen LogP contribution in [0.15, 0.2) is 22.8 Å². The normalized spacial score (nSPS) is 14.7. The predicted octanol–water partition coefficient (Wildman–Crippen LogP) is 2.12. The molecule has 0 aliphatic rings. The molecule has 4 heteroatoms. The van der Waals surface area contributed by atoms with Gasteiger partial charge in [0.1, 0.15) is 5.60 Å². The van der Waals surface area contributed by atoms with Crippen molar-refractivity contribution in [3.63, 3.8) is 0 Å². The zero-order chi connectivity index (χ0) is 11.5. The number of nitrogens with zero attached hydrogens (tertiary/aromatic N) is 1. The fraction of sp³-hybridized carbons (Fsp3) is 0.455. The summed E-state index contributed by atoms with van der Waals surface area (Å²) in [4.78, 5) is 15.7. The minimum atomic E-state index is -1.24. The second kappa shape index (κ2) is 4.86. The number of halogens is 1. The quantitative estimate of drug-likeness (QED) is 0.913. The number of pyridine rings is 1. The van der Waals surface area contributed by atoms with Crippen LogP contribution in [0, 0.1) is 0 Å². The highest BCUT2D eigenvalue weighted by Crippen LogP contribution is 2.14. The van der Waals surface area contributed by atoms with Crippen molar-refractivity contribution < 1.29 is 9.90 Å². The van der Waals surface area contributed by atoms with Gasteiger partial charge in [-0.3, -0.25) is 9.78 Å². The van der Waals surface area contributed by atoms with Crippen molar-refractivity contribution in [1.29, 1.82) is 0 Å². The molecule has 1 N–H and O–H groups in total. The Hall–Kier alpha value is -0.740. The van der Waals surface area contributed by atoms with E-state index in [0.29, 0.717) is 12.1 Å². The van der Waals surface area contributed by atoms with E-state index in [-0.39, 0.29) is 12.2 Å². The number of hydrogen-bond donors (Lipinski definition) is 1. The lowest BCUT2D eigenvalue weighted by molar-refractivity contribution is -0.135. The molecule has 0 saturated carbocycles. The van der Waals surface area contributed by atoms with Gasteiger partial charge in [-0.05, 0) is 41.4 Å². The lowest BCUT2D eigenvalue weighted by atomic mass is 9.94. The van der Waals surface area contributed by atoms with Gasteiger partial charge in [0.05, 0.1) is 6.42 Å². The molecule has 82 valence electrons. The first kappa shape index (κ1) is 12.3. The second-order valence-corrected chi connectivity index (χ2v) is 4.61. The maximum atomic E-state index is 11.6. The van der Waals surface area contributed by atoms with Crippen LogP contribution in [0.4, 0.5) is 0 Å². The molecular weight excluding hydrogens is 258 g/mol. The molecule has 15 heavy (non-hydrogen) atoms.